The maximum Gasteiger partial charge on any atom is 0.246 e. The van der Waals surface area contributed by atoms with Crippen molar-refractivity contribution in [2.75, 3.05) is 57.3 Å². The monoisotopic (exact) mass is 704 g/mol. The summed E-state index contributed by atoms with van der Waals surface area (Å²) in [6.07, 6.45) is 12.9. The van der Waals surface area contributed by atoms with Crippen molar-refractivity contribution in [3.63, 3.8) is 0 Å². The maximum absolute atomic E-state index is 16.3. The number of nitrogens with one attached hydrogen (secondary N) is 1. The molecule has 2 fully saturated rings. The summed E-state index contributed by atoms with van der Waals surface area (Å²) in [5.74, 6) is -0.505. The Labute approximate surface area is 299 Å². The number of carbonyl (C=O) groups is 3. The second-order valence-electron chi connectivity index (χ2n) is 13.4. The number of carbonyl (C=O) groups excluding carboxylic acids is 3. The number of likely N-dealkylation sites (tertiary alicyclic amines) is 1. The van der Waals surface area contributed by atoms with Gasteiger partial charge in [-0.3, -0.25) is 14.4 Å². The van der Waals surface area contributed by atoms with Crippen LogP contribution < -0.4 is 15.0 Å². The number of unbranched alkanes of at least 4 members (excludes halogenated alkanes) is 7. The highest BCUT2D eigenvalue weighted by Crippen LogP contribution is 2.40. The lowest BCUT2D eigenvalue weighted by atomic mass is 9.96. The van der Waals surface area contributed by atoms with Gasteiger partial charge in [-0.15, -0.1) is 0 Å². The number of hydrogen-bond acceptors (Lipinski definition) is 7. The number of benzene rings is 2. The predicted octanol–water partition coefficient (Wildman–Crippen LogP) is 6.35. The van der Waals surface area contributed by atoms with E-state index in [9.17, 15) is 14.4 Å². The third-order valence-corrected chi connectivity index (χ3v) is 9.79. The first kappa shape index (κ1) is 37.6. The van der Waals surface area contributed by atoms with E-state index in [2.05, 4.69) is 21.9 Å². The van der Waals surface area contributed by atoms with Crippen LogP contribution in [0.2, 0.25) is 0 Å². The van der Waals surface area contributed by atoms with Gasteiger partial charge in [0.2, 0.25) is 17.7 Å². The van der Waals surface area contributed by atoms with Gasteiger partial charge in [-0.25, -0.2) is 18.7 Å². The minimum absolute atomic E-state index is 0.00765. The molecule has 274 valence electrons. The highest BCUT2D eigenvalue weighted by Gasteiger charge is 2.26. The lowest BCUT2D eigenvalue weighted by Gasteiger charge is -2.35. The molecule has 0 spiro atoms. The normalized spacial score (nSPS) is 14.6. The first-order chi connectivity index (χ1) is 24.8. The van der Waals surface area contributed by atoms with E-state index in [4.69, 9.17) is 4.74 Å². The van der Waals surface area contributed by atoms with E-state index in [1.54, 1.807) is 30.0 Å². The summed E-state index contributed by atoms with van der Waals surface area (Å²) >= 11 is 0. The quantitative estimate of drug-likeness (QED) is 0.129. The molecule has 0 unspecified atom stereocenters. The van der Waals surface area contributed by atoms with Gasteiger partial charge in [0.25, 0.3) is 0 Å². The molecule has 2 saturated heterocycles. The number of hydrogen-bond donors (Lipinski definition) is 1. The fourth-order valence-electron chi connectivity index (χ4n) is 6.94. The molecule has 1 aromatic heterocycles. The van der Waals surface area contributed by atoms with E-state index in [1.807, 2.05) is 9.80 Å². The van der Waals surface area contributed by atoms with Crippen LogP contribution in [0, 0.1) is 18.6 Å². The second-order valence-corrected chi connectivity index (χ2v) is 13.4. The number of ether oxygens (including phenoxy) is 1. The summed E-state index contributed by atoms with van der Waals surface area (Å²) in [5, 5.41) is 3.28. The van der Waals surface area contributed by atoms with E-state index < -0.39 is 11.6 Å². The third-order valence-electron chi connectivity index (χ3n) is 9.79. The zero-order chi connectivity index (χ0) is 36.2. The van der Waals surface area contributed by atoms with Crippen molar-refractivity contribution in [2.45, 2.75) is 77.6 Å². The van der Waals surface area contributed by atoms with Crippen LogP contribution in [0.3, 0.4) is 0 Å². The van der Waals surface area contributed by atoms with Gasteiger partial charge in [0.05, 0.1) is 18.7 Å². The van der Waals surface area contributed by atoms with E-state index in [-0.39, 0.29) is 46.7 Å². The van der Waals surface area contributed by atoms with E-state index in [0.717, 1.165) is 77.3 Å². The van der Waals surface area contributed by atoms with Crippen molar-refractivity contribution >= 4 is 34.4 Å². The molecular weight excluding hydrogens is 654 g/mol. The average molecular weight is 705 g/mol. The Morgan fingerprint density at radius 2 is 1.57 bits per heavy atom. The largest absolute Gasteiger partial charge is 0.493 e. The number of fused-ring (bicyclic) bond motifs is 1. The molecule has 1 N–H and O–H groups in total. The molecule has 0 radical (unpaired) electrons. The SMILES string of the molecule is C=CC(=O)N1CCN(c2ncnc3c(F)c(-c4c(F)cccc4OCCCCCCCCCCC(=O)NCC(=O)N4CCCC4)c(C)cc23)CC1. The summed E-state index contributed by atoms with van der Waals surface area (Å²) in [6.45, 7) is 9.44. The van der Waals surface area contributed by atoms with Gasteiger partial charge in [0.1, 0.15) is 29.2 Å². The minimum atomic E-state index is -0.627. The van der Waals surface area contributed by atoms with Crippen LogP contribution in [0.15, 0.2) is 43.2 Å². The van der Waals surface area contributed by atoms with Crippen molar-refractivity contribution in [3.05, 3.63) is 60.4 Å². The molecule has 5 rings (SSSR count). The molecule has 3 heterocycles. The smallest absolute Gasteiger partial charge is 0.246 e. The Morgan fingerprint density at radius 1 is 0.882 bits per heavy atom. The van der Waals surface area contributed by atoms with Gasteiger partial charge >= 0.3 is 0 Å². The lowest BCUT2D eigenvalue weighted by molar-refractivity contribution is -0.132. The van der Waals surface area contributed by atoms with Crippen molar-refractivity contribution < 1.29 is 27.9 Å². The zero-order valence-corrected chi connectivity index (χ0v) is 29.7. The molecule has 0 atom stereocenters. The van der Waals surface area contributed by atoms with E-state index in [1.165, 1.54) is 18.5 Å². The van der Waals surface area contributed by atoms with Crippen LogP contribution >= 0.6 is 0 Å². The highest BCUT2D eigenvalue weighted by molar-refractivity contribution is 5.95. The van der Waals surface area contributed by atoms with Crippen LogP contribution in [-0.4, -0.2) is 89.9 Å². The van der Waals surface area contributed by atoms with E-state index in [0.29, 0.717) is 56.0 Å². The Balaban J connectivity index is 1.07. The van der Waals surface area contributed by atoms with Gasteiger partial charge in [-0.05, 0) is 62.4 Å². The standard InChI is InChI=1S/C39H50F2N6O4/c1-3-33(49)46-20-22-47(23-21-46)39-29-25-28(2)35(37(41)38(29)43-27-44-39)36-30(40)15-14-16-31(36)51-24-13-9-7-5-4-6-8-10-17-32(48)42-26-34(50)45-18-11-12-19-45/h3,14-16,25,27H,1,4-13,17-24,26H2,2H3,(H,42,48). The van der Waals surface area contributed by atoms with Crippen molar-refractivity contribution in [3.8, 4) is 16.9 Å². The number of amides is 3. The summed E-state index contributed by atoms with van der Waals surface area (Å²) in [5.41, 5.74) is 0.847. The predicted molar refractivity (Wildman–Crippen MR) is 194 cm³/mol. The second kappa shape index (κ2) is 18.6. The van der Waals surface area contributed by atoms with Gasteiger partial charge in [-0.1, -0.05) is 51.2 Å². The molecule has 0 aliphatic carbocycles. The topological polar surface area (TPSA) is 108 Å². The van der Waals surface area contributed by atoms with Crippen molar-refractivity contribution in [1.29, 1.82) is 0 Å². The Kier molecular flexibility index (Phi) is 13.7. The fourth-order valence-corrected chi connectivity index (χ4v) is 6.94. The summed E-state index contributed by atoms with van der Waals surface area (Å²) < 4.78 is 37.8. The zero-order valence-electron chi connectivity index (χ0n) is 29.7. The van der Waals surface area contributed by atoms with Gasteiger partial charge in [0.15, 0.2) is 5.82 Å². The first-order valence-electron chi connectivity index (χ1n) is 18.3. The van der Waals surface area contributed by atoms with Gasteiger partial charge < -0.3 is 24.8 Å². The number of aryl methyl sites for hydroxylation is 1. The molecule has 2 aromatic carbocycles. The molecule has 3 amide bonds. The summed E-state index contributed by atoms with van der Waals surface area (Å²) in [6, 6.07) is 6.34. The number of halogens is 2. The number of anilines is 1. The number of piperazine rings is 1. The maximum atomic E-state index is 16.3. The summed E-state index contributed by atoms with van der Waals surface area (Å²) in [4.78, 5) is 50.4. The summed E-state index contributed by atoms with van der Waals surface area (Å²) in [7, 11) is 0. The molecular formula is C39H50F2N6O4. The Hall–Kier alpha value is -4.61. The van der Waals surface area contributed by atoms with Crippen LogP contribution in [0.4, 0.5) is 14.6 Å². The average Bonchev–Trinajstić information content (AvgIpc) is 3.69. The van der Waals surface area contributed by atoms with Crippen LogP contribution in [0.25, 0.3) is 22.0 Å². The number of aromatic nitrogens is 2. The third kappa shape index (κ3) is 9.80. The first-order valence-corrected chi connectivity index (χ1v) is 18.3. The van der Waals surface area contributed by atoms with Crippen molar-refractivity contribution in [2.24, 2.45) is 0 Å². The molecule has 10 nitrogen and oxygen atoms in total. The molecule has 2 aliphatic heterocycles. The molecule has 51 heavy (non-hydrogen) atoms. The van der Waals surface area contributed by atoms with Crippen LogP contribution in [0.5, 0.6) is 5.75 Å². The van der Waals surface area contributed by atoms with Gasteiger partial charge in [0, 0.05) is 56.6 Å². The van der Waals surface area contributed by atoms with Crippen LogP contribution in [-0.2, 0) is 14.4 Å². The number of nitrogens with zero attached hydrogens (tertiary/aromatic N) is 5. The highest BCUT2D eigenvalue weighted by atomic mass is 19.1. The molecule has 0 saturated carbocycles. The van der Waals surface area contributed by atoms with Crippen molar-refractivity contribution in [1.82, 2.24) is 25.1 Å². The minimum Gasteiger partial charge on any atom is -0.493 e. The fraction of sp³-hybridized carbons (Fsp3) is 0.513. The van der Waals surface area contributed by atoms with Gasteiger partial charge in [-0.2, -0.15) is 0 Å². The molecule has 3 aromatic rings. The molecule has 2 aliphatic rings. The Morgan fingerprint density at radius 3 is 2.27 bits per heavy atom. The van der Waals surface area contributed by atoms with E-state index >= 15 is 8.78 Å². The Bertz CT molecular complexity index is 1690. The molecule has 0 bridgehead atoms. The lowest BCUT2D eigenvalue weighted by Crippen LogP contribution is -2.48. The van der Waals surface area contributed by atoms with Crippen LogP contribution in [0.1, 0.15) is 76.2 Å². The number of rotatable bonds is 17. The molecule has 12 heteroatoms.